The van der Waals surface area contributed by atoms with Gasteiger partial charge in [-0.1, -0.05) is 17.7 Å². The lowest BCUT2D eigenvalue weighted by Gasteiger charge is -2.36. The molecule has 9 nitrogen and oxygen atoms in total. The first-order valence-corrected chi connectivity index (χ1v) is 12.6. The number of aryl methyl sites for hydroxylation is 1. The molecule has 2 fully saturated rings. The second kappa shape index (κ2) is 11.2. The highest BCUT2D eigenvalue weighted by Gasteiger charge is 2.41. The van der Waals surface area contributed by atoms with E-state index in [9.17, 15) is 18.0 Å². The van der Waals surface area contributed by atoms with E-state index in [0.29, 0.717) is 65.3 Å². The van der Waals surface area contributed by atoms with Crippen LogP contribution in [0.4, 0.5) is 0 Å². The molecule has 3 rings (SSSR count). The van der Waals surface area contributed by atoms with Gasteiger partial charge < -0.3 is 15.0 Å². The van der Waals surface area contributed by atoms with E-state index < -0.39 is 16.1 Å². The quantitative estimate of drug-likeness (QED) is 0.531. The Labute approximate surface area is 190 Å². The predicted octanol–water partition coefficient (Wildman–Crippen LogP) is 0.445. The van der Waals surface area contributed by atoms with Gasteiger partial charge in [-0.3, -0.25) is 14.5 Å². The van der Waals surface area contributed by atoms with Crippen LogP contribution in [0.3, 0.4) is 0 Å². The van der Waals surface area contributed by atoms with Crippen molar-refractivity contribution in [1.82, 2.24) is 19.4 Å². The van der Waals surface area contributed by atoms with Crippen molar-refractivity contribution in [2.45, 2.75) is 37.1 Å². The highest BCUT2D eigenvalue weighted by molar-refractivity contribution is 7.89. The topological polar surface area (TPSA) is 99.3 Å². The van der Waals surface area contributed by atoms with Crippen LogP contribution in [0.15, 0.2) is 29.2 Å². The molecule has 0 bridgehead atoms. The Balaban J connectivity index is 1.53. The first-order chi connectivity index (χ1) is 15.3. The molecule has 1 aromatic rings. The number of rotatable bonds is 9. The SMILES string of the molecule is COCCCNC(=O)CN1CCN(C(=O)[C@@H]2CCCN2S(=O)(=O)c2ccc(C)cc2)CC1. The average molecular weight is 467 g/mol. The summed E-state index contributed by atoms with van der Waals surface area (Å²) in [6, 6.07) is 6.09. The first kappa shape index (κ1) is 24.6. The Kier molecular flexibility index (Phi) is 8.64. The van der Waals surface area contributed by atoms with E-state index in [0.717, 1.165) is 12.0 Å². The van der Waals surface area contributed by atoms with Gasteiger partial charge in [0.15, 0.2) is 0 Å². The van der Waals surface area contributed by atoms with E-state index in [2.05, 4.69) is 5.32 Å². The third-order valence-corrected chi connectivity index (χ3v) is 7.94. The number of nitrogens with zero attached hydrogens (tertiary/aromatic N) is 3. The summed E-state index contributed by atoms with van der Waals surface area (Å²) in [5.74, 6) is -0.172. The normalized spacial score (nSPS) is 20.4. The van der Waals surface area contributed by atoms with E-state index in [1.54, 1.807) is 36.3 Å². The number of amides is 2. The Morgan fingerprint density at radius 1 is 1.09 bits per heavy atom. The van der Waals surface area contributed by atoms with Crippen molar-refractivity contribution in [2.24, 2.45) is 0 Å². The lowest BCUT2D eigenvalue weighted by molar-refractivity contribution is -0.136. The van der Waals surface area contributed by atoms with Crippen molar-refractivity contribution in [1.29, 1.82) is 0 Å². The Bertz CT molecular complexity index is 882. The molecule has 10 heteroatoms. The summed E-state index contributed by atoms with van der Waals surface area (Å²) in [7, 11) is -2.08. The van der Waals surface area contributed by atoms with Crippen molar-refractivity contribution in [3.8, 4) is 0 Å². The molecule has 1 aromatic carbocycles. The van der Waals surface area contributed by atoms with E-state index in [-0.39, 0.29) is 16.7 Å². The van der Waals surface area contributed by atoms with Gasteiger partial charge in [0.1, 0.15) is 6.04 Å². The number of carbonyl (C=O) groups is 2. The molecule has 1 N–H and O–H groups in total. The Hall–Kier alpha value is -2.01. The fourth-order valence-electron chi connectivity index (χ4n) is 4.16. The minimum Gasteiger partial charge on any atom is -0.385 e. The molecule has 0 aromatic heterocycles. The average Bonchev–Trinajstić information content (AvgIpc) is 3.28. The van der Waals surface area contributed by atoms with Crippen LogP contribution in [0, 0.1) is 6.92 Å². The van der Waals surface area contributed by atoms with Crippen LogP contribution in [0.5, 0.6) is 0 Å². The van der Waals surface area contributed by atoms with E-state index in [1.165, 1.54) is 4.31 Å². The van der Waals surface area contributed by atoms with Crippen molar-refractivity contribution < 1.29 is 22.7 Å². The Morgan fingerprint density at radius 2 is 1.78 bits per heavy atom. The number of benzene rings is 1. The van der Waals surface area contributed by atoms with Crippen molar-refractivity contribution >= 4 is 21.8 Å². The second-order valence-corrected chi connectivity index (χ2v) is 10.3. The molecule has 0 saturated carbocycles. The summed E-state index contributed by atoms with van der Waals surface area (Å²) < 4.78 is 32.6. The van der Waals surface area contributed by atoms with Crippen LogP contribution in [-0.2, 0) is 24.3 Å². The number of hydrogen-bond acceptors (Lipinski definition) is 6. The highest BCUT2D eigenvalue weighted by Crippen LogP contribution is 2.27. The molecule has 0 unspecified atom stereocenters. The van der Waals surface area contributed by atoms with Crippen LogP contribution in [0.2, 0.25) is 0 Å². The van der Waals surface area contributed by atoms with Crippen LogP contribution in [0.25, 0.3) is 0 Å². The van der Waals surface area contributed by atoms with Crippen molar-refractivity contribution in [3.63, 3.8) is 0 Å². The standard InChI is InChI=1S/C22H34N4O5S/c1-18-6-8-19(9-7-18)32(29,30)26-11-3-5-20(26)22(28)25-14-12-24(13-15-25)17-21(27)23-10-4-16-31-2/h6-9,20H,3-5,10-17H2,1-2H3,(H,23,27)/t20-/m0/s1. The minimum absolute atomic E-state index is 0.0351. The van der Waals surface area contributed by atoms with Gasteiger partial charge in [-0.25, -0.2) is 8.42 Å². The monoisotopic (exact) mass is 466 g/mol. The largest absolute Gasteiger partial charge is 0.385 e. The minimum atomic E-state index is -3.71. The van der Waals surface area contributed by atoms with Gasteiger partial charge >= 0.3 is 0 Å². The summed E-state index contributed by atoms with van der Waals surface area (Å²) in [5, 5.41) is 2.87. The molecule has 1 atom stereocenters. The lowest BCUT2D eigenvalue weighted by atomic mass is 10.2. The maximum Gasteiger partial charge on any atom is 0.243 e. The summed E-state index contributed by atoms with van der Waals surface area (Å²) in [6.45, 7) is 5.92. The van der Waals surface area contributed by atoms with Gasteiger partial charge in [0, 0.05) is 53.0 Å². The number of methoxy groups -OCH3 is 1. The summed E-state index contributed by atoms with van der Waals surface area (Å²) >= 11 is 0. The molecule has 32 heavy (non-hydrogen) atoms. The maximum atomic E-state index is 13.2. The number of nitrogens with one attached hydrogen (secondary N) is 1. The first-order valence-electron chi connectivity index (χ1n) is 11.2. The molecule has 0 aliphatic carbocycles. The number of hydrogen-bond donors (Lipinski definition) is 1. The lowest BCUT2D eigenvalue weighted by Crippen LogP contribution is -2.55. The van der Waals surface area contributed by atoms with E-state index in [4.69, 9.17) is 4.74 Å². The molecule has 0 spiro atoms. The summed E-state index contributed by atoms with van der Waals surface area (Å²) in [4.78, 5) is 29.2. The molecule has 2 aliphatic heterocycles. The number of piperazine rings is 1. The van der Waals surface area contributed by atoms with Gasteiger partial charge in [-0.15, -0.1) is 0 Å². The smallest absolute Gasteiger partial charge is 0.243 e. The third kappa shape index (κ3) is 6.06. The van der Waals surface area contributed by atoms with Gasteiger partial charge in [-0.05, 0) is 38.3 Å². The zero-order valence-corrected chi connectivity index (χ0v) is 19.8. The van der Waals surface area contributed by atoms with Crippen molar-refractivity contribution in [3.05, 3.63) is 29.8 Å². The van der Waals surface area contributed by atoms with Gasteiger partial charge in [-0.2, -0.15) is 4.31 Å². The molecule has 2 saturated heterocycles. The second-order valence-electron chi connectivity index (χ2n) is 8.38. The van der Waals surface area contributed by atoms with Crippen LogP contribution in [-0.4, -0.2) is 99.9 Å². The van der Waals surface area contributed by atoms with Crippen LogP contribution >= 0.6 is 0 Å². The molecule has 0 radical (unpaired) electrons. The van der Waals surface area contributed by atoms with E-state index in [1.807, 2.05) is 11.8 Å². The molecule has 2 amide bonds. The highest BCUT2D eigenvalue weighted by atomic mass is 32.2. The number of ether oxygens (including phenoxy) is 1. The molecule has 2 aliphatic rings. The maximum absolute atomic E-state index is 13.2. The van der Waals surface area contributed by atoms with E-state index >= 15 is 0 Å². The zero-order chi connectivity index (χ0) is 23.1. The third-order valence-electron chi connectivity index (χ3n) is 6.01. The van der Waals surface area contributed by atoms with Crippen molar-refractivity contribution in [2.75, 3.05) is 59.5 Å². The van der Waals surface area contributed by atoms with Crippen LogP contribution < -0.4 is 5.32 Å². The zero-order valence-electron chi connectivity index (χ0n) is 19.0. The Morgan fingerprint density at radius 3 is 2.44 bits per heavy atom. The number of sulfonamides is 1. The summed E-state index contributed by atoms with van der Waals surface area (Å²) in [5.41, 5.74) is 0.986. The fraction of sp³-hybridized carbons (Fsp3) is 0.636. The predicted molar refractivity (Wildman–Crippen MR) is 121 cm³/mol. The molecular formula is C22H34N4O5S. The van der Waals surface area contributed by atoms with Crippen LogP contribution in [0.1, 0.15) is 24.8 Å². The molecule has 2 heterocycles. The fourth-order valence-corrected chi connectivity index (χ4v) is 5.81. The van der Waals surface area contributed by atoms with Gasteiger partial charge in [0.2, 0.25) is 21.8 Å². The molecular weight excluding hydrogens is 432 g/mol. The molecule has 178 valence electrons. The number of carbonyl (C=O) groups excluding carboxylic acids is 2. The van der Waals surface area contributed by atoms with Gasteiger partial charge in [0.25, 0.3) is 0 Å². The summed E-state index contributed by atoms with van der Waals surface area (Å²) in [6.07, 6.45) is 1.98. The van der Waals surface area contributed by atoms with Gasteiger partial charge in [0.05, 0.1) is 11.4 Å².